The first-order chi connectivity index (χ1) is 9.62. The maximum atomic E-state index is 6.03. The molecule has 0 amide bonds. The van der Waals surface area contributed by atoms with Gasteiger partial charge in [0, 0.05) is 6.04 Å². The van der Waals surface area contributed by atoms with Crippen molar-refractivity contribution in [1.29, 1.82) is 0 Å². The molecule has 1 aromatic rings. The molecule has 0 aliphatic rings. The lowest BCUT2D eigenvalue weighted by Gasteiger charge is -2.16. The minimum Gasteiger partial charge on any atom is -0.490 e. The highest BCUT2D eigenvalue weighted by molar-refractivity contribution is 9.10. The van der Waals surface area contributed by atoms with Crippen LogP contribution >= 0.6 is 15.9 Å². The first kappa shape index (κ1) is 17.3. The van der Waals surface area contributed by atoms with E-state index in [1.165, 1.54) is 5.56 Å². The van der Waals surface area contributed by atoms with E-state index in [0.29, 0.717) is 13.2 Å². The third-order valence-corrected chi connectivity index (χ3v) is 3.72. The van der Waals surface area contributed by atoms with Gasteiger partial charge in [-0.15, -0.1) is 0 Å². The number of ether oxygens (including phenoxy) is 2. The highest BCUT2D eigenvalue weighted by atomic mass is 79.9. The van der Waals surface area contributed by atoms with Crippen LogP contribution in [-0.4, -0.2) is 19.3 Å². The van der Waals surface area contributed by atoms with Crippen LogP contribution in [0.2, 0.25) is 0 Å². The summed E-state index contributed by atoms with van der Waals surface area (Å²) in [6.07, 6.45) is 3.98. The molecule has 0 radical (unpaired) electrons. The fourth-order valence-corrected chi connectivity index (χ4v) is 2.51. The lowest BCUT2D eigenvalue weighted by molar-refractivity contribution is 0.271. The van der Waals surface area contributed by atoms with Crippen molar-refractivity contribution in [2.24, 2.45) is 5.73 Å². The number of rotatable bonds is 9. The van der Waals surface area contributed by atoms with Crippen LogP contribution in [0.15, 0.2) is 16.6 Å². The molecule has 3 nitrogen and oxygen atoms in total. The first-order valence-corrected chi connectivity index (χ1v) is 8.25. The summed E-state index contributed by atoms with van der Waals surface area (Å²) in [6.45, 7) is 7.57. The van der Waals surface area contributed by atoms with Gasteiger partial charge in [0.2, 0.25) is 0 Å². The van der Waals surface area contributed by atoms with E-state index in [4.69, 9.17) is 15.2 Å². The lowest BCUT2D eigenvalue weighted by atomic mass is 10.0. The van der Waals surface area contributed by atoms with Gasteiger partial charge in [0.1, 0.15) is 0 Å². The van der Waals surface area contributed by atoms with E-state index < -0.39 is 0 Å². The number of benzene rings is 1. The molecular formula is C16H26BrNO2. The van der Waals surface area contributed by atoms with Crippen LogP contribution < -0.4 is 15.2 Å². The minimum absolute atomic E-state index is 0.184. The number of unbranched alkanes of at least 4 members (excludes halogenated alkanes) is 1. The summed E-state index contributed by atoms with van der Waals surface area (Å²) < 4.78 is 12.5. The summed E-state index contributed by atoms with van der Waals surface area (Å²) in [7, 11) is 0. The summed E-state index contributed by atoms with van der Waals surface area (Å²) in [5.41, 5.74) is 7.21. The van der Waals surface area contributed by atoms with Gasteiger partial charge in [0.15, 0.2) is 11.5 Å². The Morgan fingerprint density at radius 2 is 1.95 bits per heavy atom. The van der Waals surface area contributed by atoms with Crippen LogP contribution in [0.4, 0.5) is 0 Å². The lowest BCUT2D eigenvalue weighted by Crippen LogP contribution is -2.21. The molecule has 1 atom stereocenters. The van der Waals surface area contributed by atoms with Crippen molar-refractivity contribution in [3.63, 3.8) is 0 Å². The second-order valence-corrected chi connectivity index (χ2v) is 5.77. The molecule has 114 valence electrons. The number of hydrogen-bond donors (Lipinski definition) is 1. The molecule has 0 aromatic heterocycles. The molecule has 0 spiro atoms. The fourth-order valence-electron chi connectivity index (χ4n) is 1.91. The summed E-state index contributed by atoms with van der Waals surface area (Å²) in [5, 5.41) is 0. The van der Waals surface area contributed by atoms with Gasteiger partial charge in [0.25, 0.3) is 0 Å². The molecule has 0 saturated heterocycles. The van der Waals surface area contributed by atoms with Crippen molar-refractivity contribution in [3.05, 3.63) is 22.2 Å². The molecule has 0 saturated carbocycles. The summed E-state index contributed by atoms with van der Waals surface area (Å²) in [5.74, 6) is 1.60. The average molecular weight is 344 g/mol. The van der Waals surface area contributed by atoms with Crippen molar-refractivity contribution in [2.75, 3.05) is 13.2 Å². The van der Waals surface area contributed by atoms with Gasteiger partial charge in [0.05, 0.1) is 17.7 Å². The molecular weight excluding hydrogens is 318 g/mol. The molecule has 1 rings (SSSR count). The third-order valence-electron chi connectivity index (χ3n) is 3.14. The number of hydrogen-bond acceptors (Lipinski definition) is 3. The zero-order valence-corrected chi connectivity index (χ0v) is 14.3. The smallest absolute Gasteiger partial charge is 0.175 e. The largest absolute Gasteiger partial charge is 0.490 e. The predicted octanol–water partition coefficient (Wildman–Crippen LogP) is 4.31. The molecule has 20 heavy (non-hydrogen) atoms. The standard InChI is InChI=1S/C16H26BrNO2/c1-4-7-8-20-16-14(17)10-12(9-13(18)5-2)11-15(16)19-6-3/h10-11,13H,4-9,18H2,1-3H3. The van der Waals surface area contributed by atoms with Gasteiger partial charge in [-0.1, -0.05) is 20.3 Å². The fraction of sp³-hybridized carbons (Fsp3) is 0.625. The Hall–Kier alpha value is -0.740. The molecule has 0 aliphatic carbocycles. The molecule has 0 aliphatic heterocycles. The van der Waals surface area contributed by atoms with Crippen LogP contribution in [0.5, 0.6) is 11.5 Å². The van der Waals surface area contributed by atoms with Crippen LogP contribution in [0.3, 0.4) is 0 Å². The van der Waals surface area contributed by atoms with Crippen molar-refractivity contribution >= 4 is 15.9 Å². The Kier molecular flexibility index (Phi) is 8.00. The minimum atomic E-state index is 0.184. The molecule has 0 bridgehead atoms. The van der Waals surface area contributed by atoms with Gasteiger partial charge in [-0.25, -0.2) is 0 Å². The van der Waals surface area contributed by atoms with Crippen molar-refractivity contribution in [3.8, 4) is 11.5 Å². The normalized spacial score (nSPS) is 12.2. The van der Waals surface area contributed by atoms with Gasteiger partial charge in [-0.2, -0.15) is 0 Å². The Balaban J connectivity index is 2.92. The Labute approximate surface area is 131 Å². The highest BCUT2D eigenvalue weighted by Crippen LogP contribution is 2.37. The Morgan fingerprint density at radius 1 is 1.20 bits per heavy atom. The van der Waals surface area contributed by atoms with Gasteiger partial charge in [-0.3, -0.25) is 0 Å². The van der Waals surface area contributed by atoms with E-state index in [1.54, 1.807) is 0 Å². The maximum Gasteiger partial charge on any atom is 0.175 e. The summed E-state index contributed by atoms with van der Waals surface area (Å²) in [6, 6.07) is 4.31. The summed E-state index contributed by atoms with van der Waals surface area (Å²) in [4.78, 5) is 0. The van der Waals surface area contributed by atoms with Crippen LogP contribution in [0, 0.1) is 0 Å². The molecule has 4 heteroatoms. The van der Waals surface area contributed by atoms with Gasteiger partial charge in [-0.05, 0) is 59.8 Å². The van der Waals surface area contributed by atoms with E-state index in [-0.39, 0.29) is 6.04 Å². The van der Waals surface area contributed by atoms with Crippen molar-refractivity contribution in [2.45, 2.75) is 52.5 Å². The maximum absolute atomic E-state index is 6.03. The SMILES string of the molecule is CCCCOc1c(Br)cc(CC(N)CC)cc1OCC. The average Bonchev–Trinajstić information content (AvgIpc) is 2.42. The number of halogens is 1. The topological polar surface area (TPSA) is 44.5 Å². The third kappa shape index (κ3) is 5.33. The zero-order valence-electron chi connectivity index (χ0n) is 12.7. The second-order valence-electron chi connectivity index (χ2n) is 4.91. The van der Waals surface area contributed by atoms with Crippen LogP contribution in [-0.2, 0) is 6.42 Å². The van der Waals surface area contributed by atoms with Crippen molar-refractivity contribution in [1.82, 2.24) is 0 Å². The monoisotopic (exact) mass is 343 g/mol. The molecule has 2 N–H and O–H groups in total. The van der Waals surface area contributed by atoms with Gasteiger partial charge >= 0.3 is 0 Å². The predicted molar refractivity (Wildman–Crippen MR) is 87.7 cm³/mol. The quantitative estimate of drug-likeness (QED) is 0.679. The van der Waals surface area contributed by atoms with E-state index >= 15 is 0 Å². The second kappa shape index (κ2) is 9.24. The van der Waals surface area contributed by atoms with Crippen molar-refractivity contribution < 1.29 is 9.47 Å². The zero-order chi connectivity index (χ0) is 15.0. The molecule has 1 unspecified atom stereocenters. The van der Waals surface area contributed by atoms with Crippen LogP contribution in [0.1, 0.15) is 45.6 Å². The molecule has 1 aromatic carbocycles. The molecule has 0 fully saturated rings. The van der Waals surface area contributed by atoms with E-state index in [1.807, 2.05) is 13.0 Å². The summed E-state index contributed by atoms with van der Waals surface area (Å²) >= 11 is 3.59. The van der Waals surface area contributed by atoms with Gasteiger partial charge < -0.3 is 15.2 Å². The van der Waals surface area contributed by atoms with E-state index in [2.05, 4.69) is 35.8 Å². The highest BCUT2D eigenvalue weighted by Gasteiger charge is 2.13. The number of nitrogens with two attached hydrogens (primary N) is 1. The van der Waals surface area contributed by atoms with E-state index in [0.717, 1.165) is 41.7 Å². The van der Waals surface area contributed by atoms with E-state index in [9.17, 15) is 0 Å². The molecule has 0 heterocycles. The Morgan fingerprint density at radius 3 is 2.55 bits per heavy atom. The van der Waals surface area contributed by atoms with Crippen LogP contribution in [0.25, 0.3) is 0 Å². The first-order valence-electron chi connectivity index (χ1n) is 7.45. The Bertz CT molecular complexity index is 410.